The molecule has 0 spiro atoms. The zero-order valence-corrected chi connectivity index (χ0v) is 11.2. The summed E-state index contributed by atoms with van der Waals surface area (Å²) >= 11 is 0. The first kappa shape index (κ1) is 14.3. The van der Waals surface area contributed by atoms with Gasteiger partial charge in [-0.2, -0.15) is 0 Å². The maximum absolute atomic E-state index is 11.4. The molecule has 8 heteroatoms. The van der Waals surface area contributed by atoms with Crippen molar-refractivity contribution in [2.75, 3.05) is 24.7 Å². The Morgan fingerprint density at radius 1 is 1.18 bits per heavy atom. The minimum absolute atomic E-state index is 0.0537. The van der Waals surface area contributed by atoms with Crippen LogP contribution in [0.15, 0.2) is 0 Å². The van der Waals surface area contributed by atoms with Gasteiger partial charge in [0.2, 0.25) is 8.87 Å². The fraction of sp³-hybridized carbons (Fsp3) is 0.778. The molecule has 17 heavy (non-hydrogen) atoms. The van der Waals surface area contributed by atoms with Crippen LogP contribution in [0.4, 0.5) is 0 Å². The van der Waals surface area contributed by atoms with Gasteiger partial charge in [0, 0.05) is 19.6 Å². The minimum atomic E-state index is -3.22. The molecule has 1 saturated heterocycles. The highest BCUT2D eigenvalue weighted by Crippen LogP contribution is 2.38. The van der Waals surface area contributed by atoms with E-state index in [0.29, 0.717) is 0 Å². The largest absolute Gasteiger partial charge is 0.465 e. The van der Waals surface area contributed by atoms with Crippen LogP contribution in [-0.4, -0.2) is 45.1 Å². The predicted octanol–water partition coefficient (Wildman–Crippen LogP) is 0.176. The van der Waals surface area contributed by atoms with Crippen molar-refractivity contribution in [1.29, 1.82) is 0 Å². The van der Waals surface area contributed by atoms with Gasteiger partial charge in [0.05, 0.1) is 11.2 Å². The molecule has 0 unspecified atom stereocenters. The molecule has 6 nitrogen and oxygen atoms in total. The highest BCUT2D eigenvalue weighted by molar-refractivity contribution is 8.72. The van der Waals surface area contributed by atoms with Gasteiger partial charge in [-0.25, -0.2) is 8.42 Å². The normalized spacial score (nSPS) is 20.8. The molecule has 1 heterocycles. The maximum Gasteiger partial charge on any atom is 0.302 e. The Labute approximate surface area is 103 Å². The quantitative estimate of drug-likeness (QED) is 0.536. The molecule has 1 aliphatic heterocycles. The second-order valence-electron chi connectivity index (χ2n) is 4.02. The van der Waals surface area contributed by atoms with Crippen molar-refractivity contribution in [3.8, 4) is 0 Å². The number of esters is 2. The van der Waals surface area contributed by atoms with Gasteiger partial charge >= 0.3 is 11.9 Å². The van der Waals surface area contributed by atoms with Crippen molar-refractivity contribution in [2.24, 2.45) is 5.41 Å². The molecular formula is C9H14O6S2. The fourth-order valence-electron chi connectivity index (χ4n) is 1.39. The van der Waals surface area contributed by atoms with E-state index < -0.39 is 26.2 Å². The summed E-state index contributed by atoms with van der Waals surface area (Å²) in [5.41, 5.74) is -0.819. The number of ether oxygens (including phenoxy) is 2. The fourth-order valence-corrected chi connectivity index (χ4v) is 5.61. The number of rotatable bonds is 4. The van der Waals surface area contributed by atoms with Crippen LogP contribution >= 0.6 is 10.8 Å². The van der Waals surface area contributed by atoms with Gasteiger partial charge in [0.25, 0.3) is 0 Å². The lowest BCUT2D eigenvalue weighted by Gasteiger charge is -2.25. The smallest absolute Gasteiger partial charge is 0.302 e. The zero-order valence-electron chi connectivity index (χ0n) is 9.59. The third-order valence-corrected chi connectivity index (χ3v) is 6.03. The van der Waals surface area contributed by atoms with Crippen LogP contribution in [-0.2, 0) is 27.9 Å². The van der Waals surface area contributed by atoms with Crippen LogP contribution in [0.3, 0.4) is 0 Å². The first-order valence-corrected chi connectivity index (χ1v) is 8.04. The van der Waals surface area contributed by atoms with E-state index in [4.69, 9.17) is 9.47 Å². The van der Waals surface area contributed by atoms with Gasteiger partial charge in [0.15, 0.2) is 0 Å². The Morgan fingerprint density at radius 3 is 1.94 bits per heavy atom. The van der Waals surface area contributed by atoms with Gasteiger partial charge in [-0.1, -0.05) is 0 Å². The van der Waals surface area contributed by atoms with Crippen molar-refractivity contribution >= 4 is 31.6 Å². The van der Waals surface area contributed by atoms with Gasteiger partial charge in [-0.15, -0.1) is 0 Å². The van der Waals surface area contributed by atoms with Crippen molar-refractivity contribution < 1.29 is 27.5 Å². The third kappa shape index (κ3) is 4.55. The molecule has 98 valence electrons. The minimum Gasteiger partial charge on any atom is -0.465 e. The Morgan fingerprint density at radius 2 is 1.65 bits per heavy atom. The van der Waals surface area contributed by atoms with E-state index in [1.165, 1.54) is 13.8 Å². The monoisotopic (exact) mass is 282 g/mol. The summed E-state index contributed by atoms with van der Waals surface area (Å²) in [6, 6.07) is 0. The Kier molecular flexibility index (Phi) is 4.42. The highest BCUT2D eigenvalue weighted by atomic mass is 33.1. The van der Waals surface area contributed by atoms with Crippen LogP contribution < -0.4 is 0 Å². The molecule has 0 N–H and O–H groups in total. The molecule has 0 bridgehead atoms. The number of hydrogen-bond donors (Lipinski definition) is 0. The zero-order chi connectivity index (χ0) is 13.1. The lowest BCUT2D eigenvalue weighted by Crippen LogP contribution is -2.37. The van der Waals surface area contributed by atoms with E-state index >= 15 is 0 Å². The first-order chi connectivity index (χ1) is 7.75. The van der Waals surface area contributed by atoms with E-state index in [0.717, 1.165) is 10.8 Å². The molecule has 1 aliphatic rings. The molecule has 0 saturated carbocycles. The molecular weight excluding hydrogens is 268 g/mol. The Hall–Kier alpha value is -0.760. The van der Waals surface area contributed by atoms with Crippen molar-refractivity contribution in [3.63, 3.8) is 0 Å². The van der Waals surface area contributed by atoms with Crippen LogP contribution in [0.1, 0.15) is 13.8 Å². The van der Waals surface area contributed by atoms with Gasteiger partial charge in [0.1, 0.15) is 13.2 Å². The summed E-state index contributed by atoms with van der Waals surface area (Å²) < 4.78 is 32.5. The SMILES string of the molecule is CC(=O)OCC1(COC(C)=O)CSS(=O)(=O)C1. The highest BCUT2D eigenvalue weighted by Gasteiger charge is 2.45. The number of carbonyl (C=O) groups excluding carboxylic acids is 2. The summed E-state index contributed by atoms with van der Waals surface area (Å²) in [7, 11) is -2.42. The van der Waals surface area contributed by atoms with Gasteiger partial charge in [-0.3, -0.25) is 9.59 Å². The second-order valence-corrected chi connectivity index (χ2v) is 8.18. The number of hydrogen-bond acceptors (Lipinski definition) is 7. The van der Waals surface area contributed by atoms with E-state index in [9.17, 15) is 18.0 Å². The van der Waals surface area contributed by atoms with E-state index in [1.54, 1.807) is 0 Å². The Balaban J connectivity index is 2.71. The molecule has 0 aromatic carbocycles. The topological polar surface area (TPSA) is 86.7 Å². The van der Waals surface area contributed by atoms with Gasteiger partial charge < -0.3 is 9.47 Å². The Bertz CT molecular complexity index is 395. The van der Waals surface area contributed by atoms with Crippen LogP contribution in [0.25, 0.3) is 0 Å². The van der Waals surface area contributed by atoms with Crippen LogP contribution in [0, 0.1) is 5.41 Å². The average Bonchev–Trinajstić information content (AvgIpc) is 2.50. The number of carbonyl (C=O) groups is 2. The summed E-state index contributed by atoms with van der Waals surface area (Å²) in [6.45, 7) is 2.38. The molecule has 0 amide bonds. The molecule has 0 aromatic rings. The van der Waals surface area contributed by atoms with Gasteiger partial charge in [-0.05, 0) is 10.8 Å². The van der Waals surface area contributed by atoms with Crippen molar-refractivity contribution in [2.45, 2.75) is 13.8 Å². The molecule has 1 fully saturated rings. The summed E-state index contributed by atoms with van der Waals surface area (Å²) in [6.07, 6.45) is 0. The van der Waals surface area contributed by atoms with Crippen molar-refractivity contribution in [3.05, 3.63) is 0 Å². The van der Waals surface area contributed by atoms with E-state index in [-0.39, 0.29) is 24.7 Å². The van der Waals surface area contributed by atoms with Crippen LogP contribution in [0.2, 0.25) is 0 Å². The molecule has 0 aromatic heterocycles. The average molecular weight is 282 g/mol. The maximum atomic E-state index is 11.4. The van der Waals surface area contributed by atoms with Crippen LogP contribution in [0.5, 0.6) is 0 Å². The molecule has 0 radical (unpaired) electrons. The molecule has 1 rings (SSSR count). The van der Waals surface area contributed by atoms with E-state index in [2.05, 4.69) is 0 Å². The lowest BCUT2D eigenvalue weighted by molar-refractivity contribution is -0.149. The summed E-state index contributed by atoms with van der Waals surface area (Å²) in [5, 5.41) is 0. The standard InChI is InChI=1S/C9H14O6S2/c1-7(10)14-3-9(4-15-8(2)11)5-16-17(12,13)6-9/h3-6H2,1-2H3. The predicted molar refractivity (Wildman–Crippen MR) is 61.9 cm³/mol. The third-order valence-electron chi connectivity index (χ3n) is 2.19. The second kappa shape index (κ2) is 5.26. The summed E-state index contributed by atoms with van der Waals surface area (Å²) in [5.74, 6) is -0.857. The van der Waals surface area contributed by atoms with Crippen molar-refractivity contribution in [1.82, 2.24) is 0 Å². The lowest BCUT2D eigenvalue weighted by atomic mass is 9.95. The summed E-state index contributed by atoms with van der Waals surface area (Å²) in [4.78, 5) is 21.5. The molecule has 0 aliphatic carbocycles. The van der Waals surface area contributed by atoms with E-state index in [1.807, 2.05) is 0 Å². The molecule has 0 atom stereocenters. The first-order valence-electron chi connectivity index (χ1n) is 4.89.